The lowest BCUT2D eigenvalue weighted by atomic mass is 10.00. The van der Waals surface area contributed by atoms with Crippen LogP contribution in [0.3, 0.4) is 0 Å². The lowest BCUT2D eigenvalue weighted by molar-refractivity contribution is -0.132. The van der Waals surface area contributed by atoms with Gasteiger partial charge in [-0.25, -0.2) is 8.42 Å². The molecule has 3 aromatic rings. The summed E-state index contributed by atoms with van der Waals surface area (Å²) in [5.74, 6) is -1.11. The number of nitrogens with one attached hydrogen (secondary N) is 4. The lowest BCUT2D eigenvalue weighted by Gasteiger charge is -2.24. The molecule has 1 heterocycles. The number of methoxy groups -OCH3 is 1. The van der Waals surface area contributed by atoms with Crippen molar-refractivity contribution in [1.29, 1.82) is 0 Å². The van der Waals surface area contributed by atoms with Crippen LogP contribution in [0, 0.1) is 0 Å². The van der Waals surface area contributed by atoms with Crippen LogP contribution in [0.5, 0.6) is 5.75 Å². The molecular weight excluding hydrogens is 620 g/mol. The highest BCUT2D eigenvalue weighted by molar-refractivity contribution is 7.90. The largest absolute Gasteiger partial charge is 0.497 e. The van der Waals surface area contributed by atoms with Gasteiger partial charge in [-0.2, -0.15) is 0 Å². The predicted octanol–water partition coefficient (Wildman–Crippen LogP) is 2.89. The Morgan fingerprint density at radius 1 is 0.830 bits per heavy atom. The standard InChI is InChI=1S/C35H42N4O7S/c1-3-4-8-19-36-34(42)29(21-25-11-15-27(16-12-25)31-23-33(41)39-47(31,44)45)38-35(43)30(20-24-9-6-5-7-10-24)37-32(40)22-26-13-17-28(46-2)18-14-26/h5-7,9-18,29-31H,3-4,8,19-23H2,1-2H3,(H,36,42)(H,37,40)(H,38,43)(H,39,41)/t29-,30-,31?/m0/s1. The third-order valence-corrected chi connectivity index (χ3v) is 9.66. The van der Waals surface area contributed by atoms with Gasteiger partial charge in [0.2, 0.25) is 33.7 Å². The normalized spacial score (nSPS) is 16.4. The van der Waals surface area contributed by atoms with E-state index in [4.69, 9.17) is 4.74 Å². The molecule has 4 N–H and O–H groups in total. The summed E-state index contributed by atoms with van der Waals surface area (Å²) in [5.41, 5.74) is 2.73. The Bertz CT molecular complexity index is 1630. The first-order valence-corrected chi connectivity index (χ1v) is 17.3. The zero-order valence-electron chi connectivity index (χ0n) is 26.7. The number of unbranched alkanes of at least 4 members (excludes halogenated alkanes) is 2. The zero-order chi connectivity index (χ0) is 33.8. The molecule has 12 heteroatoms. The number of rotatable bonds is 16. The first-order chi connectivity index (χ1) is 22.6. The molecule has 1 saturated heterocycles. The highest BCUT2D eigenvalue weighted by Gasteiger charge is 2.37. The summed E-state index contributed by atoms with van der Waals surface area (Å²) in [5, 5.41) is 7.65. The number of sulfonamides is 1. The highest BCUT2D eigenvalue weighted by Crippen LogP contribution is 2.30. The summed E-state index contributed by atoms with van der Waals surface area (Å²) in [6.45, 7) is 2.51. The number of ether oxygens (including phenoxy) is 1. The SMILES string of the molecule is CCCCCNC(=O)[C@H](Cc1ccc(C2CC(=O)NS2(=O)=O)cc1)NC(=O)[C@H](Cc1ccccc1)NC(=O)Cc1ccc(OC)cc1. The van der Waals surface area contributed by atoms with E-state index < -0.39 is 39.2 Å². The van der Waals surface area contributed by atoms with Gasteiger partial charge in [0.15, 0.2) is 0 Å². The van der Waals surface area contributed by atoms with Crippen LogP contribution in [0.15, 0.2) is 78.9 Å². The van der Waals surface area contributed by atoms with Crippen molar-refractivity contribution in [2.45, 2.75) is 69.2 Å². The molecule has 47 heavy (non-hydrogen) atoms. The number of carbonyl (C=O) groups is 4. The zero-order valence-corrected chi connectivity index (χ0v) is 27.5. The summed E-state index contributed by atoms with van der Waals surface area (Å²) in [6.07, 6.45) is 2.94. The minimum atomic E-state index is -3.80. The Morgan fingerprint density at radius 2 is 1.45 bits per heavy atom. The summed E-state index contributed by atoms with van der Waals surface area (Å²) >= 11 is 0. The molecule has 0 aromatic heterocycles. The van der Waals surface area contributed by atoms with Gasteiger partial charge in [0.25, 0.3) is 0 Å². The number of hydrogen-bond acceptors (Lipinski definition) is 7. The highest BCUT2D eigenvalue weighted by atomic mass is 32.2. The fourth-order valence-corrected chi connectivity index (χ4v) is 6.80. The molecule has 0 aliphatic carbocycles. The summed E-state index contributed by atoms with van der Waals surface area (Å²) in [4.78, 5) is 52.0. The van der Waals surface area contributed by atoms with Gasteiger partial charge < -0.3 is 20.7 Å². The number of hydrogen-bond donors (Lipinski definition) is 4. The first kappa shape index (κ1) is 35.1. The maximum Gasteiger partial charge on any atom is 0.243 e. The smallest absolute Gasteiger partial charge is 0.243 e. The average molecular weight is 663 g/mol. The average Bonchev–Trinajstić information content (AvgIpc) is 3.34. The van der Waals surface area contributed by atoms with E-state index in [0.717, 1.165) is 30.4 Å². The van der Waals surface area contributed by atoms with Crippen molar-refractivity contribution in [3.63, 3.8) is 0 Å². The molecule has 3 aromatic carbocycles. The van der Waals surface area contributed by atoms with Crippen molar-refractivity contribution in [3.05, 3.63) is 101 Å². The van der Waals surface area contributed by atoms with E-state index in [0.29, 0.717) is 23.4 Å². The molecular formula is C35H42N4O7S. The van der Waals surface area contributed by atoms with Gasteiger partial charge in [0.1, 0.15) is 23.1 Å². The molecule has 1 fully saturated rings. The second kappa shape index (κ2) is 16.7. The molecule has 0 spiro atoms. The molecule has 1 aliphatic rings. The summed E-state index contributed by atoms with van der Waals surface area (Å²) < 4.78 is 31.8. The summed E-state index contributed by atoms with van der Waals surface area (Å²) in [6, 6.07) is 21.1. The van der Waals surface area contributed by atoms with Crippen molar-refractivity contribution < 1.29 is 32.3 Å². The predicted molar refractivity (Wildman–Crippen MR) is 178 cm³/mol. The van der Waals surface area contributed by atoms with Crippen LogP contribution in [0.4, 0.5) is 0 Å². The van der Waals surface area contributed by atoms with Crippen molar-refractivity contribution >= 4 is 33.7 Å². The molecule has 0 saturated carbocycles. The monoisotopic (exact) mass is 662 g/mol. The van der Waals surface area contributed by atoms with Gasteiger partial charge in [-0.05, 0) is 40.8 Å². The molecule has 1 unspecified atom stereocenters. The Labute approximate surface area is 275 Å². The van der Waals surface area contributed by atoms with E-state index in [1.54, 1.807) is 55.6 Å². The van der Waals surface area contributed by atoms with Crippen molar-refractivity contribution in [1.82, 2.24) is 20.7 Å². The van der Waals surface area contributed by atoms with Crippen LogP contribution in [0.2, 0.25) is 0 Å². The fraction of sp³-hybridized carbons (Fsp3) is 0.371. The minimum absolute atomic E-state index is 0.0497. The molecule has 250 valence electrons. The van der Waals surface area contributed by atoms with Crippen LogP contribution in [0.25, 0.3) is 0 Å². The quantitative estimate of drug-likeness (QED) is 0.172. The van der Waals surface area contributed by atoms with Crippen LogP contribution < -0.4 is 25.4 Å². The molecule has 4 amide bonds. The molecule has 11 nitrogen and oxygen atoms in total. The molecule has 0 bridgehead atoms. The van der Waals surface area contributed by atoms with Crippen LogP contribution >= 0.6 is 0 Å². The molecule has 1 aliphatic heterocycles. The Morgan fingerprint density at radius 3 is 2.04 bits per heavy atom. The Kier molecular flexibility index (Phi) is 12.5. The van der Waals surface area contributed by atoms with Gasteiger partial charge in [0.05, 0.1) is 20.0 Å². The minimum Gasteiger partial charge on any atom is -0.497 e. The van der Waals surface area contributed by atoms with Crippen molar-refractivity contribution in [2.75, 3.05) is 13.7 Å². The third-order valence-electron chi connectivity index (χ3n) is 7.96. The second-order valence-electron chi connectivity index (χ2n) is 11.6. The van der Waals surface area contributed by atoms with E-state index in [-0.39, 0.29) is 37.5 Å². The van der Waals surface area contributed by atoms with Crippen LogP contribution in [0.1, 0.15) is 60.1 Å². The maximum atomic E-state index is 13.8. The molecule has 4 rings (SSSR count). The second-order valence-corrected chi connectivity index (χ2v) is 13.5. The number of benzene rings is 3. The van der Waals surface area contributed by atoms with E-state index in [9.17, 15) is 27.6 Å². The number of amides is 4. The third kappa shape index (κ3) is 10.4. The lowest BCUT2D eigenvalue weighted by Crippen LogP contribution is -2.55. The van der Waals surface area contributed by atoms with E-state index in [1.807, 2.05) is 35.1 Å². The van der Waals surface area contributed by atoms with E-state index in [1.165, 1.54) is 0 Å². The molecule has 3 atom stereocenters. The number of carbonyl (C=O) groups excluding carboxylic acids is 4. The van der Waals surface area contributed by atoms with Crippen LogP contribution in [-0.4, -0.2) is 57.8 Å². The van der Waals surface area contributed by atoms with Gasteiger partial charge in [-0.15, -0.1) is 0 Å². The Hall–Kier alpha value is -4.71. The van der Waals surface area contributed by atoms with Crippen LogP contribution in [-0.2, 0) is 48.5 Å². The van der Waals surface area contributed by atoms with Gasteiger partial charge in [-0.1, -0.05) is 86.5 Å². The topological polar surface area (TPSA) is 160 Å². The van der Waals surface area contributed by atoms with E-state index >= 15 is 0 Å². The summed E-state index contributed by atoms with van der Waals surface area (Å²) in [7, 11) is -2.24. The van der Waals surface area contributed by atoms with Crippen molar-refractivity contribution in [2.24, 2.45) is 0 Å². The van der Waals surface area contributed by atoms with Gasteiger partial charge in [0, 0.05) is 19.4 Å². The van der Waals surface area contributed by atoms with Gasteiger partial charge in [-0.3, -0.25) is 23.9 Å². The van der Waals surface area contributed by atoms with Crippen molar-refractivity contribution in [3.8, 4) is 5.75 Å². The van der Waals surface area contributed by atoms with Gasteiger partial charge >= 0.3 is 0 Å². The molecule has 0 radical (unpaired) electrons. The van der Waals surface area contributed by atoms with E-state index in [2.05, 4.69) is 22.9 Å². The maximum absolute atomic E-state index is 13.8. The fourth-order valence-electron chi connectivity index (χ4n) is 5.38. The first-order valence-electron chi connectivity index (χ1n) is 15.8. The Balaban J connectivity index is 1.51.